The summed E-state index contributed by atoms with van der Waals surface area (Å²) >= 11 is 3.66. The first-order chi connectivity index (χ1) is 16.4. The number of carbonyl (C=O) groups excluding carboxylic acids is 2. The van der Waals surface area contributed by atoms with E-state index in [1.165, 1.54) is 34.6 Å². The number of oxime groups is 1. The number of hydrogen-bond acceptors (Lipinski definition) is 13. The topological polar surface area (TPSA) is 182 Å². The molecule has 1 fully saturated rings. The summed E-state index contributed by atoms with van der Waals surface area (Å²) in [4.78, 5) is 47.9. The highest BCUT2D eigenvalue weighted by Crippen LogP contribution is 2.35. The molecule has 2 amide bonds. The molecular weight excluding hydrogens is 506 g/mol. The van der Waals surface area contributed by atoms with Crippen LogP contribution in [0.4, 0.5) is 5.13 Å². The molecule has 16 heteroatoms. The van der Waals surface area contributed by atoms with Crippen LogP contribution in [0.15, 0.2) is 44.5 Å². The van der Waals surface area contributed by atoms with E-state index in [0.29, 0.717) is 4.34 Å². The highest BCUT2D eigenvalue weighted by Gasteiger charge is 2.55. The lowest BCUT2D eigenvalue weighted by Crippen LogP contribution is -2.73. The zero-order valence-electron chi connectivity index (χ0n) is 17.2. The van der Waals surface area contributed by atoms with Crippen LogP contribution in [-0.2, 0) is 24.0 Å². The van der Waals surface area contributed by atoms with Gasteiger partial charge in [-0.2, -0.15) is 0 Å². The number of carboxylic acids is 1. The molecule has 13 nitrogen and oxygen atoms in total. The predicted molar refractivity (Wildman–Crippen MR) is 123 cm³/mol. The second-order valence-corrected chi connectivity index (χ2v) is 9.65. The van der Waals surface area contributed by atoms with Crippen LogP contribution in [0.25, 0.3) is 0 Å². The largest absolute Gasteiger partial charge is 0.492 e. The van der Waals surface area contributed by atoms with Crippen molar-refractivity contribution in [3.05, 3.63) is 40.7 Å². The molecule has 4 heterocycles. The van der Waals surface area contributed by atoms with Crippen molar-refractivity contribution in [1.29, 1.82) is 0 Å². The molecule has 34 heavy (non-hydrogen) atoms. The molecule has 1 saturated heterocycles. The third-order valence-electron chi connectivity index (χ3n) is 4.64. The lowest BCUT2D eigenvalue weighted by molar-refractivity contribution is -0.160. The number of anilines is 1. The summed E-state index contributed by atoms with van der Waals surface area (Å²) < 4.78 is 6.30. The van der Waals surface area contributed by atoms with E-state index in [4.69, 9.17) is 15.3 Å². The molecule has 2 aliphatic heterocycles. The first-order valence-corrected chi connectivity index (χ1v) is 12.3. The Morgan fingerprint density at radius 1 is 1.50 bits per heavy atom. The number of amides is 2. The first-order valence-electron chi connectivity index (χ1n) is 9.55. The number of thiazole rings is 1. The summed E-state index contributed by atoms with van der Waals surface area (Å²) in [7, 11) is 0. The molecule has 2 aromatic rings. The van der Waals surface area contributed by atoms with Gasteiger partial charge in [-0.05, 0) is 0 Å². The Bertz CT molecular complexity index is 1180. The average Bonchev–Trinajstić information content (AvgIpc) is 3.49. The van der Waals surface area contributed by atoms with Gasteiger partial charge in [-0.1, -0.05) is 40.9 Å². The maximum Gasteiger partial charge on any atom is 0.356 e. The highest BCUT2D eigenvalue weighted by atomic mass is 32.2. The third-order valence-corrected chi connectivity index (χ3v) is 7.17. The maximum atomic E-state index is 12.9. The number of thioether (sulfide) groups is 1. The molecule has 0 saturated carbocycles. The number of aliphatic carboxylic acids is 1. The molecule has 2 atom stereocenters. The van der Waals surface area contributed by atoms with Crippen molar-refractivity contribution in [2.45, 2.75) is 16.4 Å². The molecule has 4 rings (SSSR count). The van der Waals surface area contributed by atoms with E-state index >= 15 is 0 Å². The molecule has 2 aromatic heterocycles. The minimum atomic E-state index is -1.31. The minimum Gasteiger partial charge on any atom is -0.492 e. The van der Waals surface area contributed by atoms with E-state index in [9.17, 15) is 19.5 Å². The Hall–Kier alpha value is -3.50. The second kappa shape index (κ2) is 10.2. The summed E-state index contributed by atoms with van der Waals surface area (Å²) in [6.07, 6.45) is 1.45. The summed E-state index contributed by atoms with van der Waals surface area (Å²) in [6, 6.07) is -1.71. The van der Waals surface area contributed by atoms with Gasteiger partial charge in [0.05, 0.1) is 5.75 Å². The lowest BCUT2D eigenvalue weighted by atomic mass is 9.92. The van der Waals surface area contributed by atoms with E-state index in [-0.39, 0.29) is 47.0 Å². The monoisotopic (exact) mass is 523 g/mol. The summed E-state index contributed by atoms with van der Waals surface area (Å²) in [6.45, 7) is 3.56. The van der Waals surface area contributed by atoms with Crippen molar-refractivity contribution in [3.63, 3.8) is 0 Å². The molecule has 2 unspecified atom stereocenters. The smallest absolute Gasteiger partial charge is 0.356 e. The molecule has 0 spiro atoms. The second-order valence-electron chi connectivity index (χ2n) is 6.70. The van der Waals surface area contributed by atoms with Crippen molar-refractivity contribution in [2.24, 2.45) is 5.16 Å². The van der Waals surface area contributed by atoms with Crippen LogP contribution in [0.1, 0.15) is 5.69 Å². The Balaban J connectivity index is 1.49. The number of aromatic nitrogens is 3. The Kier molecular flexibility index (Phi) is 7.09. The van der Waals surface area contributed by atoms with Crippen LogP contribution in [-0.4, -0.2) is 79.7 Å². The van der Waals surface area contributed by atoms with Gasteiger partial charge in [-0.25, -0.2) is 9.78 Å². The minimum absolute atomic E-state index is 0.00255. The van der Waals surface area contributed by atoms with E-state index in [1.54, 1.807) is 5.51 Å². The number of carbonyl (C=O) groups is 3. The number of rotatable bonds is 10. The molecular formula is C18H17N7O6S3. The van der Waals surface area contributed by atoms with Crippen LogP contribution in [0.5, 0.6) is 0 Å². The maximum absolute atomic E-state index is 12.9. The molecule has 0 aliphatic carbocycles. The zero-order chi connectivity index (χ0) is 24.2. The van der Waals surface area contributed by atoms with Crippen molar-refractivity contribution in [3.8, 4) is 0 Å². The van der Waals surface area contributed by atoms with Crippen LogP contribution in [0.2, 0.25) is 0 Å². The van der Waals surface area contributed by atoms with Gasteiger partial charge in [0.2, 0.25) is 0 Å². The van der Waals surface area contributed by atoms with Crippen molar-refractivity contribution >= 4 is 63.1 Å². The van der Waals surface area contributed by atoms with Crippen LogP contribution >= 0.6 is 34.4 Å². The fraction of sp³-hybridized carbons (Fsp3) is 0.278. The molecule has 4 N–H and O–H groups in total. The van der Waals surface area contributed by atoms with Gasteiger partial charge in [-0.3, -0.25) is 14.5 Å². The number of β-lactam (4-membered cyclic amide) rings is 1. The normalized spacial score (nSPS) is 19.7. The van der Waals surface area contributed by atoms with Crippen molar-refractivity contribution in [1.82, 2.24) is 25.4 Å². The molecule has 178 valence electrons. The van der Waals surface area contributed by atoms with Gasteiger partial charge in [0.15, 0.2) is 20.9 Å². The summed E-state index contributed by atoms with van der Waals surface area (Å²) in [5, 5.41) is 25.4. The fourth-order valence-electron chi connectivity index (χ4n) is 3.19. The van der Waals surface area contributed by atoms with E-state index in [2.05, 4.69) is 32.2 Å². The van der Waals surface area contributed by atoms with Crippen molar-refractivity contribution < 1.29 is 29.1 Å². The number of nitrogens with zero attached hydrogens (tertiary/aromatic N) is 5. The van der Waals surface area contributed by atoms with Gasteiger partial charge in [0.25, 0.3) is 11.8 Å². The Labute approximate surface area is 204 Å². The Morgan fingerprint density at radius 2 is 2.32 bits per heavy atom. The van der Waals surface area contributed by atoms with E-state index in [0.717, 1.165) is 16.2 Å². The number of ether oxygens (including phenoxy) is 1. The molecule has 0 radical (unpaired) electrons. The number of nitrogen functional groups attached to an aromatic ring is 1. The SMILES string of the molecule is C=CCO/N=C(\C(=O)NC1C(=O)N2C(C(=O)O)=C(CSc3nncs3)OCC12)c1csc(N)n1. The number of hydrogen-bond donors (Lipinski definition) is 3. The predicted octanol–water partition coefficient (Wildman–Crippen LogP) is 0.298. The van der Waals surface area contributed by atoms with Gasteiger partial charge >= 0.3 is 5.97 Å². The standard InChI is InChI=1S/C18H17N7O6S3/c1-2-3-31-24-11(8-5-32-17(19)21-8)14(26)22-12-9-4-30-10(6-33-18-23-20-7-34-18)13(16(28)29)25(9)15(12)27/h2,5,7,9,12H,1,3-4,6H2,(H2,19,21)(H,22,26)(H,28,29)/b24-11-. The molecule has 0 aromatic carbocycles. The summed E-state index contributed by atoms with van der Waals surface area (Å²) in [5.41, 5.74) is 6.93. The van der Waals surface area contributed by atoms with Crippen molar-refractivity contribution in [2.75, 3.05) is 24.7 Å². The number of nitrogens with one attached hydrogen (secondary N) is 1. The van der Waals surface area contributed by atoms with Crippen LogP contribution in [0, 0.1) is 0 Å². The molecule has 0 bridgehead atoms. The van der Waals surface area contributed by atoms with E-state index in [1.807, 2.05) is 0 Å². The Morgan fingerprint density at radius 3 is 2.97 bits per heavy atom. The van der Waals surface area contributed by atoms with Crippen LogP contribution in [0.3, 0.4) is 0 Å². The average molecular weight is 524 g/mol. The van der Waals surface area contributed by atoms with E-state index < -0.39 is 29.9 Å². The lowest BCUT2D eigenvalue weighted by Gasteiger charge is -2.49. The number of nitrogens with two attached hydrogens (primary N) is 1. The number of carboxylic acid groups (broad SMARTS) is 1. The number of fused-ring (bicyclic) bond motifs is 1. The quantitative estimate of drug-likeness (QED) is 0.0972. The van der Waals surface area contributed by atoms with Gasteiger partial charge in [0, 0.05) is 5.38 Å². The van der Waals surface area contributed by atoms with Gasteiger partial charge in [0.1, 0.15) is 42.3 Å². The van der Waals surface area contributed by atoms with Gasteiger partial charge in [-0.15, -0.1) is 21.5 Å². The fourth-order valence-corrected chi connectivity index (χ4v) is 5.17. The summed E-state index contributed by atoms with van der Waals surface area (Å²) in [5.74, 6) is -2.33. The highest BCUT2D eigenvalue weighted by molar-refractivity contribution is 8.01. The third kappa shape index (κ3) is 4.73. The first kappa shape index (κ1) is 23.7. The molecule has 2 aliphatic rings. The zero-order valence-corrected chi connectivity index (χ0v) is 19.7. The van der Waals surface area contributed by atoms with Gasteiger partial charge < -0.3 is 25.7 Å². The van der Waals surface area contributed by atoms with Crippen LogP contribution < -0.4 is 11.1 Å².